The third-order valence-corrected chi connectivity index (χ3v) is 3.03. The van der Waals surface area contributed by atoms with Crippen LogP contribution in [0.5, 0.6) is 5.75 Å². The normalized spacial score (nSPS) is 10.6. The van der Waals surface area contributed by atoms with E-state index in [1.807, 2.05) is 19.1 Å². The topological polar surface area (TPSA) is 68.5 Å². The van der Waals surface area contributed by atoms with Gasteiger partial charge in [-0.2, -0.15) is 5.10 Å². The van der Waals surface area contributed by atoms with Gasteiger partial charge in [-0.1, -0.05) is 12.1 Å². The molecular weight excluding hydrogens is 268 g/mol. The Morgan fingerprint density at radius 1 is 1.24 bits per heavy atom. The van der Waals surface area contributed by atoms with E-state index < -0.39 is 0 Å². The fraction of sp³-hybridized carbons (Fsp3) is 0.133. The molecule has 0 saturated heterocycles. The van der Waals surface area contributed by atoms with Crippen LogP contribution in [0.3, 0.4) is 0 Å². The maximum Gasteiger partial charge on any atom is 0.276 e. The highest BCUT2D eigenvalue weighted by Gasteiger charge is 2.12. The Bertz CT molecular complexity index is 810. The minimum Gasteiger partial charge on any atom is -0.495 e. The molecule has 0 aliphatic carbocycles. The molecule has 6 nitrogen and oxygen atoms in total. The van der Waals surface area contributed by atoms with E-state index >= 15 is 0 Å². The highest BCUT2D eigenvalue weighted by atomic mass is 16.5. The first kappa shape index (κ1) is 13.1. The molecule has 6 heteroatoms. The average molecular weight is 282 g/mol. The molecule has 0 aliphatic heterocycles. The lowest BCUT2D eigenvalue weighted by atomic mass is 10.2. The number of imidazole rings is 1. The fourth-order valence-corrected chi connectivity index (χ4v) is 2.06. The van der Waals surface area contributed by atoms with Crippen LogP contribution in [0.1, 0.15) is 16.2 Å². The number of hydrogen-bond acceptors (Lipinski definition) is 4. The van der Waals surface area contributed by atoms with Crippen LogP contribution in [-0.4, -0.2) is 27.6 Å². The van der Waals surface area contributed by atoms with Gasteiger partial charge in [-0.05, 0) is 31.2 Å². The smallest absolute Gasteiger partial charge is 0.276 e. The zero-order chi connectivity index (χ0) is 14.8. The van der Waals surface area contributed by atoms with Gasteiger partial charge in [0.1, 0.15) is 11.4 Å². The minimum absolute atomic E-state index is 0.298. The van der Waals surface area contributed by atoms with Crippen molar-refractivity contribution in [1.29, 1.82) is 0 Å². The maximum atomic E-state index is 12.3. The van der Waals surface area contributed by atoms with Crippen molar-refractivity contribution in [3.8, 4) is 5.75 Å². The SMILES string of the molecule is COc1ccccc1NC(=O)c1ccc2nc(C)cn2n1. The van der Waals surface area contributed by atoms with Crippen LogP contribution >= 0.6 is 0 Å². The molecule has 0 bridgehead atoms. The van der Waals surface area contributed by atoms with Gasteiger partial charge in [0.05, 0.1) is 24.7 Å². The van der Waals surface area contributed by atoms with E-state index in [-0.39, 0.29) is 5.91 Å². The molecule has 3 aromatic rings. The summed E-state index contributed by atoms with van der Waals surface area (Å²) in [6.45, 7) is 1.88. The summed E-state index contributed by atoms with van der Waals surface area (Å²) in [6, 6.07) is 10.6. The molecule has 21 heavy (non-hydrogen) atoms. The summed E-state index contributed by atoms with van der Waals surface area (Å²) in [5.41, 5.74) is 2.48. The van der Waals surface area contributed by atoms with Crippen LogP contribution in [0.25, 0.3) is 5.65 Å². The summed E-state index contributed by atoms with van der Waals surface area (Å²) < 4.78 is 6.80. The van der Waals surface area contributed by atoms with Gasteiger partial charge >= 0.3 is 0 Å². The summed E-state index contributed by atoms with van der Waals surface area (Å²) in [7, 11) is 1.56. The first-order chi connectivity index (χ1) is 10.2. The van der Waals surface area contributed by atoms with Crippen molar-refractivity contribution < 1.29 is 9.53 Å². The molecule has 0 atom stereocenters. The highest BCUT2D eigenvalue weighted by Crippen LogP contribution is 2.23. The number of nitrogens with one attached hydrogen (secondary N) is 1. The van der Waals surface area contributed by atoms with E-state index in [0.29, 0.717) is 22.8 Å². The predicted octanol–water partition coefficient (Wildman–Crippen LogP) is 2.30. The molecular formula is C15H14N4O2. The van der Waals surface area contributed by atoms with Crippen LogP contribution in [0.4, 0.5) is 5.69 Å². The van der Waals surface area contributed by atoms with E-state index in [1.165, 1.54) is 0 Å². The van der Waals surface area contributed by atoms with E-state index in [9.17, 15) is 4.79 Å². The summed E-state index contributed by atoms with van der Waals surface area (Å²) in [5.74, 6) is 0.304. The lowest BCUT2D eigenvalue weighted by molar-refractivity contribution is 0.102. The number of carbonyl (C=O) groups is 1. The molecule has 2 heterocycles. The number of aromatic nitrogens is 3. The second-order valence-corrected chi connectivity index (χ2v) is 4.56. The number of anilines is 1. The summed E-state index contributed by atoms with van der Waals surface area (Å²) in [4.78, 5) is 16.5. The van der Waals surface area contributed by atoms with Crippen LogP contribution in [0.2, 0.25) is 0 Å². The van der Waals surface area contributed by atoms with Crippen LogP contribution < -0.4 is 10.1 Å². The number of ether oxygens (including phenoxy) is 1. The van der Waals surface area contributed by atoms with Gasteiger partial charge in [0.25, 0.3) is 5.91 Å². The molecule has 0 aliphatic rings. The average Bonchev–Trinajstić information content (AvgIpc) is 2.86. The number of hydrogen-bond donors (Lipinski definition) is 1. The van der Waals surface area contributed by atoms with Crippen LogP contribution in [0.15, 0.2) is 42.6 Å². The van der Waals surface area contributed by atoms with Crippen molar-refractivity contribution in [2.45, 2.75) is 6.92 Å². The van der Waals surface area contributed by atoms with Gasteiger partial charge < -0.3 is 10.1 Å². The lowest BCUT2D eigenvalue weighted by Gasteiger charge is -2.09. The Morgan fingerprint density at radius 3 is 2.86 bits per heavy atom. The number of benzene rings is 1. The van der Waals surface area contributed by atoms with Crippen molar-refractivity contribution in [2.24, 2.45) is 0 Å². The second-order valence-electron chi connectivity index (χ2n) is 4.56. The van der Waals surface area contributed by atoms with Crippen molar-refractivity contribution in [3.63, 3.8) is 0 Å². The van der Waals surface area contributed by atoms with Gasteiger partial charge in [-0.3, -0.25) is 4.79 Å². The predicted molar refractivity (Wildman–Crippen MR) is 78.7 cm³/mol. The van der Waals surface area contributed by atoms with Gasteiger partial charge in [0.15, 0.2) is 5.65 Å². The number of rotatable bonds is 3. The molecule has 3 rings (SSSR count). The zero-order valence-electron chi connectivity index (χ0n) is 11.7. The first-order valence-corrected chi connectivity index (χ1v) is 6.45. The van der Waals surface area contributed by atoms with Gasteiger partial charge in [0, 0.05) is 0 Å². The molecule has 0 saturated carbocycles. The molecule has 1 amide bonds. The molecule has 0 fully saturated rings. The van der Waals surface area contributed by atoms with E-state index in [4.69, 9.17) is 4.74 Å². The Balaban J connectivity index is 1.89. The monoisotopic (exact) mass is 282 g/mol. The molecule has 1 aromatic carbocycles. The Morgan fingerprint density at radius 2 is 2.05 bits per heavy atom. The number of carbonyl (C=O) groups excluding carboxylic acids is 1. The molecule has 0 radical (unpaired) electrons. The molecule has 106 valence electrons. The largest absolute Gasteiger partial charge is 0.495 e. The van der Waals surface area contributed by atoms with Crippen molar-refractivity contribution >= 4 is 17.2 Å². The Kier molecular flexibility index (Phi) is 3.27. The third kappa shape index (κ3) is 2.55. The number of para-hydroxylation sites is 2. The quantitative estimate of drug-likeness (QED) is 0.800. The number of fused-ring (bicyclic) bond motifs is 1. The molecule has 2 aromatic heterocycles. The Labute approximate surface area is 121 Å². The maximum absolute atomic E-state index is 12.3. The van der Waals surface area contributed by atoms with Gasteiger partial charge in [-0.25, -0.2) is 9.50 Å². The first-order valence-electron chi connectivity index (χ1n) is 6.45. The van der Waals surface area contributed by atoms with Crippen molar-refractivity contribution in [1.82, 2.24) is 14.6 Å². The highest BCUT2D eigenvalue weighted by molar-refractivity contribution is 6.03. The van der Waals surface area contributed by atoms with Crippen molar-refractivity contribution in [3.05, 3.63) is 54.0 Å². The number of methoxy groups -OCH3 is 1. The van der Waals surface area contributed by atoms with E-state index in [0.717, 1.165) is 5.69 Å². The van der Waals surface area contributed by atoms with Crippen LogP contribution in [0, 0.1) is 6.92 Å². The molecule has 1 N–H and O–H groups in total. The van der Waals surface area contributed by atoms with Crippen LogP contribution in [-0.2, 0) is 0 Å². The lowest BCUT2D eigenvalue weighted by Crippen LogP contribution is -2.15. The number of nitrogens with zero attached hydrogens (tertiary/aromatic N) is 3. The minimum atomic E-state index is -0.298. The third-order valence-electron chi connectivity index (χ3n) is 3.03. The van der Waals surface area contributed by atoms with E-state index in [2.05, 4.69) is 15.4 Å². The summed E-state index contributed by atoms with van der Waals surface area (Å²) in [6.07, 6.45) is 1.77. The van der Waals surface area contributed by atoms with Gasteiger partial charge in [-0.15, -0.1) is 0 Å². The second kappa shape index (κ2) is 5.24. The Hall–Kier alpha value is -2.89. The van der Waals surface area contributed by atoms with Crippen molar-refractivity contribution in [2.75, 3.05) is 12.4 Å². The standard InChI is InChI=1S/C15H14N4O2/c1-10-9-19-14(16-10)8-7-12(18-19)15(20)17-11-5-3-4-6-13(11)21-2/h3-9H,1-2H3,(H,17,20). The van der Waals surface area contributed by atoms with Gasteiger partial charge in [0.2, 0.25) is 0 Å². The summed E-state index contributed by atoms with van der Waals surface area (Å²) in [5, 5.41) is 7.04. The number of aryl methyl sites for hydroxylation is 1. The molecule has 0 unspecified atom stereocenters. The summed E-state index contributed by atoms with van der Waals surface area (Å²) >= 11 is 0. The number of amides is 1. The fourth-order valence-electron chi connectivity index (χ4n) is 2.06. The van der Waals surface area contributed by atoms with E-state index in [1.54, 1.807) is 42.1 Å². The zero-order valence-corrected chi connectivity index (χ0v) is 11.7. The molecule has 0 spiro atoms.